The van der Waals surface area contributed by atoms with Gasteiger partial charge in [-0.25, -0.2) is 0 Å². The summed E-state index contributed by atoms with van der Waals surface area (Å²) in [7, 11) is 0. The van der Waals surface area contributed by atoms with Gasteiger partial charge in [-0.3, -0.25) is 0 Å². The van der Waals surface area contributed by atoms with Crippen LogP contribution in [-0.4, -0.2) is 4.57 Å². The molecule has 0 N–H and O–H groups in total. The van der Waals surface area contributed by atoms with E-state index in [9.17, 15) is 0 Å². The molecule has 0 bridgehead atoms. The van der Waals surface area contributed by atoms with Gasteiger partial charge in [-0.1, -0.05) is 49.9 Å². The third-order valence-electron chi connectivity index (χ3n) is 4.42. The van der Waals surface area contributed by atoms with Crippen LogP contribution in [0.25, 0.3) is 10.9 Å². The summed E-state index contributed by atoms with van der Waals surface area (Å²) in [4.78, 5) is 0. The van der Waals surface area contributed by atoms with E-state index in [2.05, 4.69) is 29.8 Å². The van der Waals surface area contributed by atoms with Crippen molar-refractivity contribution in [2.75, 3.05) is 0 Å². The van der Waals surface area contributed by atoms with E-state index >= 15 is 0 Å². The van der Waals surface area contributed by atoms with E-state index in [1.54, 1.807) is 0 Å². The number of hydrogen-bond acceptors (Lipinski definition) is 0. The predicted molar refractivity (Wildman–Crippen MR) is 78.2 cm³/mol. The number of rotatable bonds is 2. The quantitative estimate of drug-likeness (QED) is 0.679. The van der Waals surface area contributed by atoms with Crippen LogP contribution in [0.1, 0.15) is 45.1 Å². The third-order valence-corrected chi connectivity index (χ3v) is 4.72. The van der Waals surface area contributed by atoms with Gasteiger partial charge >= 0.3 is 0 Å². The van der Waals surface area contributed by atoms with Crippen molar-refractivity contribution in [2.45, 2.75) is 45.1 Å². The van der Waals surface area contributed by atoms with E-state index in [-0.39, 0.29) is 0 Å². The molecule has 96 valence electrons. The Morgan fingerprint density at radius 2 is 2.17 bits per heavy atom. The van der Waals surface area contributed by atoms with Crippen molar-refractivity contribution in [3.63, 3.8) is 0 Å². The van der Waals surface area contributed by atoms with Crippen LogP contribution in [0.5, 0.6) is 0 Å². The monoisotopic (exact) mass is 261 g/mol. The molecule has 18 heavy (non-hydrogen) atoms. The molecule has 2 aromatic rings. The van der Waals surface area contributed by atoms with Gasteiger partial charge in [0.05, 0.1) is 10.5 Å². The second-order valence-electron chi connectivity index (χ2n) is 5.50. The molecule has 1 aliphatic rings. The van der Waals surface area contributed by atoms with Crippen molar-refractivity contribution in [3.8, 4) is 0 Å². The average molecular weight is 262 g/mol. The van der Waals surface area contributed by atoms with Crippen LogP contribution < -0.4 is 0 Å². The van der Waals surface area contributed by atoms with Gasteiger partial charge in [0.15, 0.2) is 0 Å². The normalized spacial score (nSPS) is 24.6. The van der Waals surface area contributed by atoms with Gasteiger partial charge in [-0.2, -0.15) is 0 Å². The first kappa shape index (κ1) is 12.1. The maximum atomic E-state index is 6.37. The maximum absolute atomic E-state index is 6.37. The van der Waals surface area contributed by atoms with E-state index in [0.717, 1.165) is 10.9 Å². The molecular formula is C16H20ClN. The minimum Gasteiger partial charge on any atom is -0.343 e. The van der Waals surface area contributed by atoms with Gasteiger partial charge in [-0.15, -0.1) is 0 Å². The fourth-order valence-corrected chi connectivity index (χ4v) is 3.64. The molecule has 2 atom stereocenters. The van der Waals surface area contributed by atoms with E-state index in [1.807, 2.05) is 12.1 Å². The highest BCUT2D eigenvalue weighted by Crippen LogP contribution is 2.37. The Morgan fingerprint density at radius 3 is 3.00 bits per heavy atom. The minimum atomic E-state index is 0.640. The number of halogens is 1. The fourth-order valence-electron chi connectivity index (χ4n) is 3.36. The number of nitrogens with zero attached hydrogens (tertiary/aromatic N) is 1. The smallest absolute Gasteiger partial charge is 0.0672 e. The van der Waals surface area contributed by atoms with E-state index in [0.29, 0.717) is 6.04 Å². The van der Waals surface area contributed by atoms with Crippen LogP contribution in [0.4, 0.5) is 0 Å². The summed E-state index contributed by atoms with van der Waals surface area (Å²) >= 11 is 6.37. The summed E-state index contributed by atoms with van der Waals surface area (Å²) in [5.74, 6) is 0.892. The summed E-state index contributed by atoms with van der Waals surface area (Å²) in [5.41, 5.74) is 1.22. The first-order valence-corrected chi connectivity index (χ1v) is 7.42. The molecule has 0 spiro atoms. The predicted octanol–water partition coefficient (Wildman–Crippen LogP) is 5.44. The number of para-hydroxylation sites is 1. The standard InChI is InChI=1S/C16H20ClN/c1-2-12-5-3-7-14(11-12)18-10-9-13-6-4-8-15(17)16(13)18/h4,6,8-10,12,14H,2-3,5,7,11H2,1H3. The van der Waals surface area contributed by atoms with Crippen LogP contribution in [0.2, 0.25) is 5.02 Å². The molecule has 1 aromatic heterocycles. The summed E-state index contributed by atoms with van der Waals surface area (Å²) < 4.78 is 2.42. The maximum Gasteiger partial charge on any atom is 0.0672 e. The summed E-state index contributed by atoms with van der Waals surface area (Å²) in [6.45, 7) is 2.31. The topological polar surface area (TPSA) is 4.93 Å². The van der Waals surface area contributed by atoms with Crippen LogP contribution >= 0.6 is 11.6 Å². The van der Waals surface area contributed by atoms with Crippen molar-refractivity contribution in [3.05, 3.63) is 35.5 Å². The molecule has 0 radical (unpaired) electrons. The lowest BCUT2D eigenvalue weighted by Crippen LogP contribution is -2.18. The lowest BCUT2D eigenvalue weighted by Gasteiger charge is -2.30. The molecule has 1 nitrogen and oxygen atoms in total. The Labute approximate surface area is 114 Å². The van der Waals surface area contributed by atoms with Crippen molar-refractivity contribution >= 4 is 22.5 Å². The van der Waals surface area contributed by atoms with Gasteiger partial charge in [-0.05, 0) is 30.9 Å². The second kappa shape index (κ2) is 4.97. The zero-order valence-corrected chi connectivity index (χ0v) is 11.7. The van der Waals surface area contributed by atoms with Gasteiger partial charge in [0.2, 0.25) is 0 Å². The summed E-state index contributed by atoms with van der Waals surface area (Å²) in [6, 6.07) is 9.01. The number of hydrogen-bond donors (Lipinski definition) is 0. The SMILES string of the molecule is CCC1CCCC(n2ccc3cccc(Cl)c32)C1. The number of benzene rings is 1. The zero-order chi connectivity index (χ0) is 12.5. The minimum absolute atomic E-state index is 0.640. The highest BCUT2D eigenvalue weighted by Gasteiger charge is 2.23. The van der Waals surface area contributed by atoms with E-state index < -0.39 is 0 Å². The lowest BCUT2D eigenvalue weighted by molar-refractivity contribution is 0.266. The first-order chi connectivity index (χ1) is 8.79. The molecule has 1 aromatic carbocycles. The van der Waals surface area contributed by atoms with Gasteiger partial charge in [0.25, 0.3) is 0 Å². The highest BCUT2D eigenvalue weighted by molar-refractivity contribution is 6.35. The van der Waals surface area contributed by atoms with E-state index in [1.165, 1.54) is 43.0 Å². The van der Waals surface area contributed by atoms with Crippen molar-refractivity contribution in [1.29, 1.82) is 0 Å². The van der Waals surface area contributed by atoms with Crippen LogP contribution in [0, 0.1) is 5.92 Å². The van der Waals surface area contributed by atoms with E-state index in [4.69, 9.17) is 11.6 Å². The molecule has 0 aliphatic heterocycles. The average Bonchev–Trinajstić information content (AvgIpc) is 2.84. The molecular weight excluding hydrogens is 242 g/mol. The lowest BCUT2D eigenvalue weighted by atomic mass is 9.84. The van der Waals surface area contributed by atoms with Gasteiger partial charge < -0.3 is 4.57 Å². The van der Waals surface area contributed by atoms with Crippen LogP contribution in [0.3, 0.4) is 0 Å². The van der Waals surface area contributed by atoms with Gasteiger partial charge in [0, 0.05) is 17.6 Å². The number of fused-ring (bicyclic) bond motifs is 1. The highest BCUT2D eigenvalue weighted by atomic mass is 35.5. The Hall–Kier alpha value is -0.950. The Bertz CT molecular complexity index is 543. The molecule has 1 heterocycles. The molecule has 1 aliphatic carbocycles. The molecule has 3 rings (SSSR count). The van der Waals surface area contributed by atoms with Crippen molar-refractivity contribution in [1.82, 2.24) is 4.57 Å². The molecule has 0 saturated heterocycles. The molecule has 1 fully saturated rings. The molecule has 0 amide bonds. The third kappa shape index (κ3) is 2.05. The summed E-state index contributed by atoms with van der Waals surface area (Å²) in [5, 5.41) is 2.15. The van der Waals surface area contributed by atoms with Crippen LogP contribution in [0.15, 0.2) is 30.5 Å². The van der Waals surface area contributed by atoms with Crippen molar-refractivity contribution in [2.24, 2.45) is 5.92 Å². The first-order valence-electron chi connectivity index (χ1n) is 7.04. The van der Waals surface area contributed by atoms with Crippen molar-refractivity contribution < 1.29 is 0 Å². The Morgan fingerprint density at radius 1 is 1.28 bits per heavy atom. The number of aromatic nitrogens is 1. The Balaban J connectivity index is 1.99. The Kier molecular flexibility index (Phi) is 3.34. The van der Waals surface area contributed by atoms with Crippen LogP contribution in [-0.2, 0) is 0 Å². The zero-order valence-electron chi connectivity index (χ0n) is 10.9. The fraction of sp³-hybridized carbons (Fsp3) is 0.500. The molecule has 2 heteroatoms. The summed E-state index contributed by atoms with van der Waals surface area (Å²) in [6.07, 6.45) is 8.90. The molecule has 2 unspecified atom stereocenters. The molecule has 1 saturated carbocycles. The van der Waals surface area contributed by atoms with Gasteiger partial charge in [0.1, 0.15) is 0 Å². The second-order valence-corrected chi connectivity index (χ2v) is 5.90. The largest absolute Gasteiger partial charge is 0.343 e.